The van der Waals surface area contributed by atoms with Crippen molar-refractivity contribution in [2.45, 2.75) is 20.3 Å². The highest BCUT2D eigenvalue weighted by molar-refractivity contribution is 7.13. The Morgan fingerprint density at radius 1 is 1.09 bits per heavy atom. The molecule has 0 amide bonds. The minimum atomic E-state index is -0.215. The summed E-state index contributed by atoms with van der Waals surface area (Å²) in [7, 11) is 1.79. The Balaban J connectivity index is 1.63. The lowest BCUT2D eigenvalue weighted by Gasteiger charge is -2.12. The second-order valence-corrected chi connectivity index (χ2v) is 8.64. The number of H-pyrrole nitrogens is 1. The van der Waals surface area contributed by atoms with Crippen LogP contribution in [0, 0.1) is 6.92 Å². The molecule has 0 aliphatic rings. The summed E-state index contributed by atoms with van der Waals surface area (Å²) in [4.78, 5) is 25.3. The number of aryl methyl sites for hydroxylation is 2. The van der Waals surface area contributed by atoms with E-state index in [1.807, 2.05) is 55.5 Å². The molecule has 8 heteroatoms. The Morgan fingerprint density at radius 2 is 1.91 bits per heavy atom. The van der Waals surface area contributed by atoms with Crippen molar-refractivity contribution in [1.29, 1.82) is 0 Å². The van der Waals surface area contributed by atoms with Crippen molar-refractivity contribution < 1.29 is 4.74 Å². The van der Waals surface area contributed by atoms with Crippen LogP contribution in [0.2, 0.25) is 0 Å². The zero-order valence-corrected chi connectivity index (χ0v) is 19.4. The van der Waals surface area contributed by atoms with Gasteiger partial charge in [-0.3, -0.25) is 4.79 Å². The zero-order chi connectivity index (χ0) is 22.9. The zero-order valence-electron chi connectivity index (χ0n) is 18.6. The Hall–Kier alpha value is -3.78. The number of nitrogens with zero attached hydrogens (tertiary/aromatic N) is 4. The van der Waals surface area contributed by atoms with Crippen LogP contribution >= 0.6 is 11.3 Å². The van der Waals surface area contributed by atoms with E-state index >= 15 is 0 Å². The third-order valence-electron chi connectivity index (χ3n) is 5.39. The molecule has 0 spiro atoms. The van der Waals surface area contributed by atoms with Gasteiger partial charge in [0.1, 0.15) is 22.0 Å². The maximum Gasteiger partial charge on any atom is 0.262 e. The summed E-state index contributed by atoms with van der Waals surface area (Å²) in [6.07, 6.45) is 0.873. The highest BCUT2D eigenvalue weighted by Gasteiger charge is 2.17. The quantitative estimate of drug-likeness (QED) is 0.378. The van der Waals surface area contributed by atoms with E-state index in [9.17, 15) is 4.79 Å². The molecule has 7 nitrogen and oxygen atoms in total. The SMILES string of the molecule is CCCOc1ccc(-c2nc(-c3ccccc3)cs2)cc1-c1nc2c(c(C)nn2C)c(=O)[nH]1. The molecule has 0 fully saturated rings. The average molecular weight is 458 g/mol. The Morgan fingerprint density at radius 3 is 2.70 bits per heavy atom. The van der Waals surface area contributed by atoms with Crippen molar-refractivity contribution in [3.63, 3.8) is 0 Å². The lowest BCUT2D eigenvalue weighted by molar-refractivity contribution is 0.318. The van der Waals surface area contributed by atoms with Crippen LogP contribution < -0.4 is 10.3 Å². The molecule has 0 unspecified atom stereocenters. The average Bonchev–Trinajstić information content (AvgIpc) is 3.43. The number of hydrogen-bond acceptors (Lipinski definition) is 6. The van der Waals surface area contributed by atoms with Gasteiger partial charge >= 0.3 is 0 Å². The maximum absolute atomic E-state index is 12.8. The third kappa shape index (κ3) is 3.93. The number of thiazole rings is 1. The molecule has 0 saturated carbocycles. The van der Waals surface area contributed by atoms with Gasteiger partial charge in [-0.2, -0.15) is 5.10 Å². The number of rotatable bonds is 6. The number of fused-ring (bicyclic) bond motifs is 1. The molecule has 0 aliphatic heterocycles. The lowest BCUT2D eigenvalue weighted by Crippen LogP contribution is -2.11. The second kappa shape index (κ2) is 8.63. The summed E-state index contributed by atoms with van der Waals surface area (Å²) in [5.41, 5.74) is 4.64. The van der Waals surface area contributed by atoms with Crippen LogP contribution in [0.25, 0.3) is 44.2 Å². The fourth-order valence-corrected chi connectivity index (χ4v) is 4.63. The van der Waals surface area contributed by atoms with E-state index in [4.69, 9.17) is 14.7 Å². The highest BCUT2D eigenvalue weighted by atomic mass is 32.1. The molecule has 166 valence electrons. The van der Waals surface area contributed by atoms with Gasteiger partial charge in [-0.15, -0.1) is 11.3 Å². The van der Waals surface area contributed by atoms with E-state index < -0.39 is 0 Å². The molecule has 3 heterocycles. The smallest absolute Gasteiger partial charge is 0.262 e. The van der Waals surface area contributed by atoms with E-state index in [1.54, 1.807) is 23.1 Å². The number of nitrogens with one attached hydrogen (secondary N) is 1. The van der Waals surface area contributed by atoms with Gasteiger partial charge in [-0.25, -0.2) is 14.6 Å². The topological polar surface area (TPSA) is 85.7 Å². The van der Waals surface area contributed by atoms with Gasteiger partial charge in [-0.1, -0.05) is 37.3 Å². The summed E-state index contributed by atoms with van der Waals surface area (Å²) < 4.78 is 7.62. The number of ether oxygens (including phenoxy) is 1. The van der Waals surface area contributed by atoms with Gasteiger partial charge in [0.05, 0.1) is 23.6 Å². The summed E-state index contributed by atoms with van der Waals surface area (Å²) in [5.74, 6) is 1.12. The van der Waals surface area contributed by atoms with Gasteiger partial charge in [0.25, 0.3) is 5.56 Å². The molecule has 5 rings (SSSR count). The molecule has 0 aliphatic carbocycles. The number of aromatic nitrogens is 5. The van der Waals surface area contributed by atoms with Crippen LogP contribution in [0.1, 0.15) is 19.0 Å². The Bertz CT molecular complexity index is 1500. The molecule has 2 aromatic carbocycles. The second-order valence-electron chi connectivity index (χ2n) is 7.79. The van der Waals surface area contributed by atoms with E-state index in [0.29, 0.717) is 34.9 Å². The largest absolute Gasteiger partial charge is 0.493 e. The predicted octanol–water partition coefficient (Wildman–Crippen LogP) is 5.21. The molecular formula is C25H23N5O2S. The molecule has 0 bridgehead atoms. The van der Waals surface area contributed by atoms with E-state index in [1.165, 1.54) is 0 Å². The van der Waals surface area contributed by atoms with Gasteiger partial charge in [0.15, 0.2) is 5.65 Å². The van der Waals surface area contributed by atoms with Gasteiger partial charge in [0, 0.05) is 23.6 Å². The first kappa shape index (κ1) is 21.1. The van der Waals surface area contributed by atoms with Gasteiger partial charge in [0.2, 0.25) is 0 Å². The summed E-state index contributed by atoms with van der Waals surface area (Å²) in [6, 6.07) is 16.0. The predicted molar refractivity (Wildman–Crippen MR) is 132 cm³/mol. The van der Waals surface area contributed by atoms with Gasteiger partial charge in [-0.05, 0) is 31.5 Å². The number of benzene rings is 2. The van der Waals surface area contributed by atoms with E-state index in [-0.39, 0.29) is 5.56 Å². The van der Waals surface area contributed by atoms with Gasteiger partial charge < -0.3 is 9.72 Å². The standard InChI is InChI=1S/C25H23N5O2S/c1-4-12-32-20-11-10-17(25-26-19(14-33-25)16-8-6-5-7-9-16)13-18(20)22-27-23-21(24(31)28-22)15(2)29-30(23)3/h5-11,13-14H,4,12H2,1-3H3,(H,27,28,31). The minimum absolute atomic E-state index is 0.215. The van der Waals surface area contributed by atoms with E-state index in [0.717, 1.165) is 33.8 Å². The van der Waals surface area contributed by atoms with Crippen LogP contribution in [0.5, 0.6) is 5.75 Å². The number of aromatic amines is 1. The summed E-state index contributed by atoms with van der Waals surface area (Å²) in [5, 5.41) is 7.79. The molecule has 33 heavy (non-hydrogen) atoms. The molecular weight excluding hydrogens is 434 g/mol. The molecule has 1 N–H and O–H groups in total. The highest BCUT2D eigenvalue weighted by Crippen LogP contribution is 2.35. The fraction of sp³-hybridized carbons (Fsp3) is 0.200. The molecule has 5 aromatic rings. The normalized spacial score (nSPS) is 11.2. The van der Waals surface area contributed by atoms with Crippen LogP contribution in [0.3, 0.4) is 0 Å². The van der Waals surface area contributed by atoms with Crippen molar-refractivity contribution in [2.24, 2.45) is 7.05 Å². The monoisotopic (exact) mass is 457 g/mol. The number of hydrogen-bond donors (Lipinski definition) is 1. The molecule has 0 atom stereocenters. The van der Waals surface area contributed by atoms with Crippen molar-refractivity contribution in [3.05, 3.63) is 70.0 Å². The molecule has 0 radical (unpaired) electrons. The van der Waals surface area contributed by atoms with Crippen LogP contribution in [-0.2, 0) is 7.05 Å². The van der Waals surface area contributed by atoms with Crippen molar-refractivity contribution in [3.8, 4) is 39.0 Å². The minimum Gasteiger partial charge on any atom is -0.493 e. The van der Waals surface area contributed by atoms with Crippen molar-refractivity contribution in [2.75, 3.05) is 6.61 Å². The molecule has 3 aromatic heterocycles. The first-order valence-corrected chi connectivity index (χ1v) is 11.6. The Labute approximate surface area is 194 Å². The van der Waals surface area contributed by atoms with Crippen LogP contribution in [0.4, 0.5) is 0 Å². The fourth-order valence-electron chi connectivity index (χ4n) is 3.81. The first-order valence-electron chi connectivity index (χ1n) is 10.8. The third-order valence-corrected chi connectivity index (χ3v) is 6.28. The van der Waals surface area contributed by atoms with Crippen LogP contribution in [-0.4, -0.2) is 31.3 Å². The van der Waals surface area contributed by atoms with Crippen molar-refractivity contribution >= 4 is 22.4 Å². The lowest BCUT2D eigenvalue weighted by atomic mass is 10.1. The Kier molecular flexibility index (Phi) is 5.51. The maximum atomic E-state index is 12.8. The summed E-state index contributed by atoms with van der Waals surface area (Å²) in [6.45, 7) is 4.43. The van der Waals surface area contributed by atoms with E-state index in [2.05, 4.69) is 22.4 Å². The molecule has 0 saturated heterocycles. The first-order chi connectivity index (χ1) is 16.0. The van der Waals surface area contributed by atoms with Crippen molar-refractivity contribution in [1.82, 2.24) is 24.7 Å². The van der Waals surface area contributed by atoms with Crippen LogP contribution in [0.15, 0.2) is 58.7 Å². The summed E-state index contributed by atoms with van der Waals surface area (Å²) >= 11 is 1.58.